The standard InChI is InChI=1S/C17H25N7/c1-11(2)16-19-12(3)9-14(21-16)23-5-7-24(8-6-23)15-10-13(4)20-17(18)22-15/h9-11H,5-8H2,1-4H3,(H2,18,20,22). The second-order valence-corrected chi connectivity index (χ2v) is 6.58. The van der Waals surface area contributed by atoms with Gasteiger partial charge in [0.25, 0.3) is 0 Å². The van der Waals surface area contributed by atoms with Gasteiger partial charge in [-0.3, -0.25) is 0 Å². The number of aromatic nitrogens is 4. The molecule has 1 aliphatic rings. The summed E-state index contributed by atoms with van der Waals surface area (Å²) in [5, 5.41) is 0. The predicted molar refractivity (Wildman–Crippen MR) is 96.5 cm³/mol. The van der Waals surface area contributed by atoms with E-state index in [1.165, 1.54) is 0 Å². The molecular weight excluding hydrogens is 302 g/mol. The van der Waals surface area contributed by atoms with E-state index >= 15 is 0 Å². The number of hydrogen-bond acceptors (Lipinski definition) is 7. The fourth-order valence-corrected chi connectivity index (χ4v) is 2.90. The molecule has 0 aromatic carbocycles. The van der Waals surface area contributed by atoms with E-state index in [2.05, 4.69) is 44.7 Å². The predicted octanol–water partition coefficient (Wildman–Crippen LogP) is 1.92. The van der Waals surface area contributed by atoms with Crippen LogP contribution in [-0.2, 0) is 0 Å². The second kappa shape index (κ2) is 6.59. The molecule has 7 nitrogen and oxygen atoms in total. The van der Waals surface area contributed by atoms with Gasteiger partial charge in [0.15, 0.2) is 0 Å². The highest BCUT2D eigenvalue weighted by Gasteiger charge is 2.21. The fourth-order valence-electron chi connectivity index (χ4n) is 2.90. The molecule has 0 spiro atoms. The van der Waals surface area contributed by atoms with Crippen molar-refractivity contribution in [1.82, 2.24) is 19.9 Å². The molecule has 0 radical (unpaired) electrons. The summed E-state index contributed by atoms with van der Waals surface area (Å²) in [5.41, 5.74) is 7.68. The van der Waals surface area contributed by atoms with Gasteiger partial charge in [0.05, 0.1) is 0 Å². The molecule has 3 heterocycles. The van der Waals surface area contributed by atoms with Crippen molar-refractivity contribution in [2.45, 2.75) is 33.6 Å². The molecule has 0 unspecified atom stereocenters. The van der Waals surface area contributed by atoms with Gasteiger partial charge in [-0.15, -0.1) is 0 Å². The van der Waals surface area contributed by atoms with E-state index in [9.17, 15) is 0 Å². The van der Waals surface area contributed by atoms with E-state index in [1.54, 1.807) is 0 Å². The Kier molecular flexibility index (Phi) is 4.51. The summed E-state index contributed by atoms with van der Waals surface area (Å²) in [7, 11) is 0. The van der Waals surface area contributed by atoms with Crippen LogP contribution in [0, 0.1) is 13.8 Å². The van der Waals surface area contributed by atoms with Crippen molar-refractivity contribution in [3.05, 3.63) is 29.3 Å². The third kappa shape index (κ3) is 3.55. The van der Waals surface area contributed by atoms with E-state index in [1.807, 2.05) is 19.9 Å². The molecule has 1 saturated heterocycles. The summed E-state index contributed by atoms with van der Waals surface area (Å²) in [6, 6.07) is 4.05. The normalized spacial score (nSPS) is 15.2. The third-order valence-corrected chi connectivity index (χ3v) is 4.16. The summed E-state index contributed by atoms with van der Waals surface area (Å²) in [4.78, 5) is 22.3. The summed E-state index contributed by atoms with van der Waals surface area (Å²) in [6.07, 6.45) is 0. The molecule has 0 amide bonds. The molecule has 1 fully saturated rings. The van der Waals surface area contributed by atoms with Crippen LogP contribution in [0.2, 0.25) is 0 Å². The van der Waals surface area contributed by atoms with Gasteiger partial charge in [0.2, 0.25) is 5.95 Å². The van der Waals surface area contributed by atoms with Crippen molar-refractivity contribution >= 4 is 17.6 Å². The first-order chi connectivity index (χ1) is 11.4. The highest BCUT2D eigenvalue weighted by molar-refractivity contribution is 5.47. The Morgan fingerprint density at radius 3 is 1.83 bits per heavy atom. The molecule has 2 aromatic rings. The number of aryl methyl sites for hydroxylation is 2. The maximum absolute atomic E-state index is 5.77. The Balaban J connectivity index is 1.73. The number of nitrogens with two attached hydrogens (primary N) is 1. The number of nitrogens with zero attached hydrogens (tertiary/aromatic N) is 6. The molecule has 0 aliphatic carbocycles. The topological polar surface area (TPSA) is 84.1 Å². The number of nitrogen functional groups attached to an aromatic ring is 1. The Morgan fingerprint density at radius 2 is 1.33 bits per heavy atom. The van der Waals surface area contributed by atoms with Crippen LogP contribution < -0.4 is 15.5 Å². The summed E-state index contributed by atoms with van der Waals surface area (Å²) in [5.74, 6) is 3.49. The van der Waals surface area contributed by atoms with Gasteiger partial charge >= 0.3 is 0 Å². The number of piperazine rings is 1. The van der Waals surface area contributed by atoms with Gasteiger partial charge in [-0.25, -0.2) is 15.0 Å². The van der Waals surface area contributed by atoms with Gasteiger partial charge in [0, 0.05) is 55.6 Å². The van der Waals surface area contributed by atoms with Crippen LogP contribution in [0.25, 0.3) is 0 Å². The van der Waals surface area contributed by atoms with Crippen molar-refractivity contribution in [2.75, 3.05) is 41.7 Å². The van der Waals surface area contributed by atoms with E-state index in [-0.39, 0.29) is 0 Å². The van der Waals surface area contributed by atoms with Crippen LogP contribution in [0.15, 0.2) is 12.1 Å². The third-order valence-electron chi connectivity index (χ3n) is 4.16. The smallest absolute Gasteiger partial charge is 0.222 e. The Labute approximate surface area is 143 Å². The number of hydrogen-bond donors (Lipinski definition) is 1. The van der Waals surface area contributed by atoms with E-state index in [0.29, 0.717) is 11.9 Å². The minimum atomic E-state index is 0.330. The first kappa shape index (κ1) is 16.4. The Morgan fingerprint density at radius 1 is 0.833 bits per heavy atom. The Bertz CT molecular complexity index is 701. The van der Waals surface area contributed by atoms with Gasteiger partial charge in [-0.05, 0) is 13.8 Å². The zero-order valence-electron chi connectivity index (χ0n) is 14.8. The van der Waals surface area contributed by atoms with Crippen LogP contribution in [-0.4, -0.2) is 46.1 Å². The van der Waals surface area contributed by atoms with Crippen molar-refractivity contribution in [3.8, 4) is 0 Å². The molecule has 0 saturated carbocycles. The zero-order chi connectivity index (χ0) is 17.3. The van der Waals surface area contributed by atoms with Crippen molar-refractivity contribution in [2.24, 2.45) is 0 Å². The highest BCUT2D eigenvalue weighted by Crippen LogP contribution is 2.21. The summed E-state index contributed by atoms with van der Waals surface area (Å²) < 4.78 is 0. The fraction of sp³-hybridized carbons (Fsp3) is 0.529. The highest BCUT2D eigenvalue weighted by atomic mass is 15.3. The monoisotopic (exact) mass is 327 g/mol. The molecule has 2 N–H and O–H groups in total. The minimum absolute atomic E-state index is 0.330. The molecule has 2 aromatic heterocycles. The molecule has 7 heteroatoms. The molecule has 24 heavy (non-hydrogen) atoms. The average molecular weight is 327 g/mol. The number of rotatable bonds is 3. The van der Waals surface area contributed by atoms with Crippen molar-refractivity contribution < 1.29 is 0 Å². The first-order valence-corrected chi connectivity index (χ1v) is 8.39. The zero-order valence-corrected chi connectivity index (χ0v) is 14.8. The Hall–Kier alpha value is -2.44. The first-order valence-electron chi connectivity index (χ1n) is 8.39. The lowest BCUT2D eigenvalue weighted by molar-refractivity contribution is 0.635. The minimum Gasteiger partial charge on any atom is -0.368 e. The van der Waals surface area contributed by atoms with Crippen LogP contribution in [0.5, 0.6) is 0 Å². The lowest BCUT2D eigenvalue weighted by Crippen LogP contribution is -2.47. The number of anilines is 3. The largest absolute Gasteiger partial charge is 0.368 e. The molecule has 1 aliphatic heterocycles. The van der Waals surface area contributed by atoms with Gasteiger partial charge in [0.1, 0.15) is 17.5 Å². The molecule has 3 rings (SSSR count). The quantitative estimate of drug-likeness (QED) is 0.922. The molecule has 128 valence electrons. The van der Waals surface area contributed by atoms with Crippen LogP contribution in [0.4, 0.5) is 17.6 Å². The maximum atomic E-state index is 5.77. The van der Waals surface area contributed by atoms with E-state index < -0.39 is 0 Å². The molecule has 0 atom stereocenters. The molecular formula is C17H25N7. The van der Waals surface area contributed by atoms with Crippen molar-refractivity contribution in [1.29, 1.82) is 0 Å². The van der Waals surface area contributed by atoms with Crippen LogP contribution in [0.3, 0.4) is 0 Å². The van der Waals surface area contributed by atoms with Gasteiger partial charge in [-0.2, -0.15) is 4.98 Å². The molecule has 0 bridgehead atoms. The summed E-state index contributed by atoms with van der Waals surface area (Å²) >= 11 is 0. The maximum Gasteiger partial charge on any atom is 0.222 e. The van der Waals surface area contributed by atoms with Crippen LogP contribution in [0.1, 0.15) is 37.0 Å². The van der Waals surface area contributed by atoms with Crippen LogP contribution >= 0.6 is 0 Å². The summed E-state index contributed by atoms with van der Waals surface area (Å²) in [6.45, 7) is 11.8. The van der Waals surface area contributed by atoms with Crippen molar-refractivity contribution in [3.63, 3.8) is 0 Å². The SMILES string of the molecule is Cc1cc(N2CCN(c3cc(C)nc(C(C)C)n3)CC2)nc(N)n1. The lowest BCUT2D eigenvalue weighted by atomic mass is 10.2. The van der Waals surface area contributed by atoms with Gasteiger partial charge < -0.3 is 15.5 Å². The average Bonchev–Trinajstić information content (AvgIpc) is 2.53. The van der Waals surface area contributed by atoms with E-state index in [0.717, 1.165) is 55.0 Å². The lowest BCUT2D eigenvalue weighted by Gasteiger charge is -2.36. The second-order valence-electron chi connectivity index (χ2n) is 6.58. The van der Waals surface area contributed by atoms with E-state index in [4.69, 9.17) is 10.7 Å². The van der Waals surface area contributed by atoms with Gasteiger partial charge in [-0.1, -0.05) is 13.8 Å².